The van der Waals surface area contributed by atoms with Gasteiger partial charge in [0.25, 0.3) is 0 Å². The van der Waals surface area contributed by atoms with Crippen molar-refractivity contribution < 1.29 is 0 Å². The smallest absolute Gasteiger partial charge is 0.186 e. The third-order valence-electron chi connectivity index (χ3n) is 4.31. The number of thiazole rings is 1. The maximum Gasteiger partial charge on any atom is 0.186 e. The van der Waals surface area contributed by atoms with Crippen molar-refractivity contribution in [2.24, 2.45) is 0 Å². The molecular formula is C17H21N5S. The standard InChI is InChI=1S/C17H21N5S/c1-12-18-9-14(20-12)10-19-13-5-4-8-22(11-13)17-21-15-6-2-3-7-16(15)23-17/h2-3,6-7,9,13,19H,4-5,8,10-11H2,1H3,(H,18,20). The van der Waals surface area contributed by atoms with E-state index in [0.717, 1.165) is 41.8 Å². The molecule has 3 aromatic rings. The molecule has 0 radical (unpaired) electrons. The average Bonchev–Trinajstić information content (AvgIpc) is 3.19. The van der Waals surface area contributed by atoms with Crippen molar-refractivity contribution in [2.75, 3.05) is 18.0 Å². The van der Waals surface area contributed by atoms with Gasteiger partial charge in [-0.1, -0.05) is 23.5 Å². The number of rotatable bonds is 4. The number of fused-ring (bicyclic) bond motifs is 1. The highest BCUT2D eigenvalue weighted by molar-refractivity contribution is 7.22. The maximum absolute atomic E-state index is 4.79. The predicted molar refractivity (Wildman–Crippen MR) is 95.0 cm³/mol. The first-order valence-corrected chi connectivity index (χ1v) is 8.94. The summed E-state index contributed by atoms with van der Waals surface area (Å²) in [5.74, 6) is 0.974. The lowest BCUT2D eigenvalue weighted by Gasteiger charge is -2.33. The van der Waals surface area contributed by atoms with Gasteiger partial charge in [0.15, 0.2) is 5.13 Å². The largest absolute Gasteiger partial charge is 0.347 e. The molecule has 2 aromatic heterocycles. The summed E-state index contributed by atoms with van der Waals surface area (Å²) in [6, 6.07) is 8.88. The molecule has 0 amide bonds. The molecule has 1 aromatic carbocycles. The Bertz CT molecular complexity index is 760. The maximum atomic E-state index is 4.79. The highest BCUT2D eigenvalue weighted by Gasteiger charge is 2.22. The number of hydrogen-bond donors (Lipinski definition) is 2. The van der Waals surface area contributed by atoms with Crippen LogP contribution in [0.2, 0.25) is 0 Å². The Balaban J connectivity index is 1.42. The van der Waals surface area contributed by atoms with E-state index >= 15 is 0 Å². The van der Waals surface area contributed by atoms with Crippen LogP contribution in [0.15, 0.2) is 30.5 Å². The molecule has 5 nitrogen and oxygen atoms in total. The van der Waals surface area contributed by atoms with Gasteiger partial charge in [-0.3, -0.25) is 0 Å². The fourth-order valence-corrected chi connectivity index (χ4v) is 4.13. The van der Waals surface area contributed by atoms with Crippen LogP contribution in [-0.2, 0) is 6.54 Å². The minimum Gasteiger partial charge on any atom is -0.347 e. The van der Waals surface area contributed by atoms with Gasteiger partial charge in [0.2, 0.25) is 0 Å². The normalized spacial score (nSPS) is 18.7. The Hall–Kier alpha value is -1.92. The number of anilines is 1. The van der Waals surface area contributed by atoms with Gasteiger partial charge in [0.1, 0.15) is 5.82 Å². The second-order valence-corrected chi connectivity index (χ2v) is 7.13. The number of aromatic nitrogens is 3. The lowest BCUT2D eigenvalue weighted by Crippen LogP contribution is -2.45. The van der Waals surface area contributed by atoms with Crippen LogP contribution < -0.4 is 10.2 Å². The first kappa shape index (κ1) is 14.7. The zero-order valence-corrected chi connectivity index (χ0v) is 14.1. The number of H-pyrrole nitrogens is 1. The number of aromatic amines is 1. The Morgan fingerprint density at radius 2 is 2.30 bits per heavy atom. The van der Waals surface area contributed by atoms with Crippen LogP contribution in [0.1, 0.15) is 24.4 Å². The van der Waals surface area contributed by atoms with Crippen LogP contribution in [0.5, 0.6) is 0 Å². The van der Waals surface area contributed by atoms with Crippen molar-refractivity contribution in [3.8, 4) is 0 Å². The Kier molecular flexibility index (Phi) is 4.01. The van der Waals surface area contributed by atoms with Crippen molar-refractivity contribution in [1.29, 1.82) is 0 Å². The number of nitrogens with zero attached hydrogens (tertiary/aromatic N) is 3. The van der Waals surface area contributed by atoms with Crippen molar-refractivity contribution in [3.63, 3.8) is 0 Å². The molecule has 23 heavy (non-hydrogen) atoms. The van der Waals surface area contributed by atoms with Crippen LogP contribution in [0, 0.1) is 6.92 Å². The minimum absolute atomic E-state index is 0.499. The average molecular weight is 327 g/mol. The first-order chi connectivity index (χ1) is 11.3. The number of aryl methyl sites for hydroxylation is 1. The molecular weight excluding hydrogens is 306 g/mol. The Morgan fingerprint density at radius 3 is 3.13 bits per heavy atom. The van der Waals surface area contributed by atoms with E-state index in [4.69, 9.17) is 4.98 Å². The van der Waals surface area contributed by atoms with E-state index in [1.165, 1.54) is 17.5 Å². The number of nitrogens with one attached hydrogen (secondary N) is 2. The lowest BCUT2D eigenvalue weighted by molar-refractivity contribution is 0.420. The molecule has 0 saturated carbocycles. The summed E-state index contributed by atoms with van der Waals surface area (Å²) in [4.78, 5) is 14.7. The van der Waals surface area contributed by atoms with E-state index in [2.05, 4.69) is 44.5 Å². The fourth-order valence-electron chi connectivity index (χ4n) is 3.13. The van der Waals surface area contributed by atoms with Gasteiger partial charge in [-0.05, 0) is 31.9 Å². The number of para-hydroxylation sites is 1. The van der Waals surface area contributed by atoms with Crippen molar-refractivity contribution in [1.82, 2.24) is 20.3 Å². The molecule has 2 N–H and O–H groups in total. The molecule has 120 valence electrons. The summed E-state index contributed by atoms with van der Waals surface area (Å²) < 4.78 is 1.27. The predicted octanol–water partition coefficient (Wildman–Crippen LogP) is 3.09. The van der Waals surface area contributed by atoms with Crippen LogP contribution >= 0.6 is 11.3 Å². The van der Waals surface area contributed by atoms with Crippen molar-refractivity contribution in [3.05, 3.63) is 42.0 Å². The molecule has 3 heterocycles. The highest BCUT2D eigenvalue weighted by atomic mass is 32.1. The van der Waals surface area contributed by atoms with E-state index in [-0.39, 0.29) is 0 Å². The van der Waals surface area contributed by atoms with Crippen LogP contribution in [0.3, 0.4) is 0 Å². The molecule has 1 unspecified atom stereocenters. The van der Waals surface area contributed by atoms with E-state index in [1.54, 1.807) is 11.3 Å². The van der Waals surface area contributed by atoms with Gasteiger partial charge in [-0.2, -0.15) is 0 Å². The fraction of sp³-hybridized carbons (Fsp3) is 0.412. The molecule has 1 aliphatic rings. The molecule has 0 aliphatic carbocycles. The third-order valence-corrected chi connectivity index (χ3v) is 5.41. The summed E-state index contributed by atoms with van der Waals surface area (Å²) in [7, 11) is 0. The number of imidazole rings is 1. The van der Waals surface area contributed by atoms with Gasteiger partial charge in [0, 0.05) is 37.6 Å². The van der Waals surface area contributed by atoms with Gasteiger partial charge in [-0.25, -0.2) is 9.97 Å². The minimum atomic E-state index is 0.499. The van der Waals surface area contributed by atoms with Gasteiger partial charge < -0.3 is 15.2 Å². The van der Waals surface area contributed by atoms with Crippen LogP contribution in [0.4, 0.5) is 5.13 Å². The molecule has 0 bridgehead atoms. The Labute approximate surface area is 139 Å². The van der Waals surface area contributed by atoms with E-state index in [9.17, 15) is 0 Å². The second kappa shape index (κ2) is 6.29. The molecule has 1 atom stereocenters. The van der Waals surface area contributed by atoms with Gasteiger partial charge in [0.05, 0.1) is 10.2 Å². The van der Waals surface area contributed by atoms with Crippen molar-refractivity contribution >= 4 is 26.7 Å². The molecule has 1 fully saturated rings. The summed E-state index contributed by atoms with van der Waals surface area (Å²) in [6.07, 6.45) is 4.33. The molecule has 1 aliphatic heterocycles. The van der Waals surface area contributed by atoms with E-state index in [1.807, 2.05) is 13.1 Å². The van der Waals surface area contributed by atoms with E-state index < -0.39 is 0 Å². The molecule has 0 spiro atoms. The molecule has 1 saturated heterocycles. The van der Waals surface area contributed by atoms with Gasteiger partial charge >= 0.3 is 0 Å². The van der Waals surface area contributed by atoms with E-state index in [0.29, 0.717) is 6.04 Å². The topological polar surface area (TPSA) is 56.8 Å². The number of hydrogen-bond acceptors (Lipinski definition) is 5. The Morgan fingerprint density at radius 1 is 1.39 bits per heavy atom. The second-order valence-electron chi connectivity index (χ2n) is 6.12. The monoisotopic (exact) mass is 327 g/mol. The van der Waals surface area contributed by atoms with Gasteiger partial charge in [-0.15, -0.1) is 0 Å². The lowest BCUT2D eigenvalue weighted by atomic mass is 10.1. The number of piperidine rings is 1. The summed E-state index contributed by atoms with van der Waals surface area (Å²) in [6.45, 7) is 4.95. The summed E-state index contributed by atoms with van der Waals surface area (Å²) in [5.41, 5.74) is 2.26. The van der Waals surface area contributed by atoms with Crippen molar-refractivity contribution in [2.45, 2.75) is 32.4 Å². The quantitative estimate of drug-likeness (QED) is 0.773. The molecule has 6 heteroatoms. The first-order valence-electron chi connectivity index (χ1n) is 8.12. The SMILES string of the molecule is Cc1ncc(CNC2CCCN(c3nc4ccccc4s3)C2)[nH]1. The highest BCUT2D eigenvalue weighted by Crippen LogP contribution is 2.30. The third kappa shape index (κ3) is 3.23. The summed E-state index contributed by atoms with van der Waals surface area (Å²) in [5, 5.41) is 4.80. The van der Waals surface area contributed by atoms with Crippen LogP contribution in [-0.4, -0.2) is 34.1 Å². The zero-order valence-electron chi connectivity index (χ0n) is 13.2. The zero-order chi connectivity index (χ0) is 15.6. The molecule has 4 rings (SSSR count). The van der Waals surface area contributed by atoms with Crippen LogP contribution in [0.25, 0.3) is 10.2 Å². The number of benzene rings is 1. The summed E-state index contributed by atoms with van der Waals surface area (Å²) >= 11 is 1.79.